The fourth-order valence-corrected chi connectivity index (χ4v) is 2.01. The minimum Gasteiger partial charge on any atom is -0.508 e. The molecule has 2 rings (SSSR count). The van der Waals surface area contributed by atoms with Crippen LogP contribution in [0.1, 0.15) is 22.3 Å². The number of hydrogen-bond donors (Lipinski definition) is 2. The Bertz CT molecular complexity index is 535. The van der Waals surface area contributed by atoms with Gasteiger partial charge in [0.05, 0.1) is 6.54 Å². The SMILES string of the molecule is O=C(CNCCCc1ccc(O)cc1)c1ccccc1. The van der Waals surface area contributed by atoms with E-state index in [9.17, 15) is 9.90 Å². The standard InChI is InChI=1S/C17H19NO2/c19-16-10-8-14(9-11-16)5-4-12-18-13-17(20)15-6-2-1-3-7-15/h1-3,6-11,18-19H,4-5,12-13H2. The summed E-state index contributed by atoms with van der Waals surface area (Å²) in [6, 6.07) is 16.6. The Hall–Kier alpha value is -2.13. The highest BCUT2D eigenvalue weighted by atomic mass is 16.3. The van der Waals surface area contributed by atoms with E-state index >= 15 is 0 Å². The number of benzene rings is 2. The number of phenols is 1. The molecular weight excluding hydrogens is 250 g/mol. The maximum Gasteiger partial charge on any atom is 0.176 e. The lowest BCUT2D eigenvalue weighted by molar-refractivity contribution is 0.0991. The van der Waals surface area contributed by atoms with Gasteiger partial charge in [0.2, 0.25) is 0 Å². The van der Waals surface area contributed by atoms with Crippen LogP contribution in [0.15, 0.2) is 54.6 Å². The third kappa shape index (κ3) is 4.52. The van der Waals surface area contributed by atoms with Gasteiger partial charge >= 0.3 is 0 Å². The molecule has 20 heavy (non-hydrogen) atoms. The van der Waals surface area contributed by atoms with E-state index in [0.717, 1.165) is 24.9 Å². The van der Waals surface area contributed by atoms with Crippen molar-refractivity contribution in [3.05, 3.63) is 65.7 Å². The van der Waals surface area contributed by atoms with Gasteiger partial charge in [-0.25, -0.2) is 0 Å². The van der Waals surface area contributed by atoms with Crippen molar-refractivity contribution in [3.8, 4) is 5.75 Å². The van der Waals surface area contributed by atoms with Crippen molar-refractivity contribution in [2.75, 3.05) is 13.1 Å². The molecule has 0 fully saturated rings. The predicted molar refractivity (Wildman–Crippen MR) is 80.1 cm³/mol. The van der Waals surface area contributed by atoms with Crippen LogP contribution in [-0.4, -0.2) is 24.0 Å². The zero-order valence-electron chi connectivity index (χ0n) is 11.4. The molecule has 0 aliphatic rings. The van der Waals surface area contributed by atoms with Crippen LogP contribution < -0.4 is 5.32 Å². The molecule has 0 saturated carbocycles. The molecule has 2 aromatic carbocycles. The molecule has 0 spiro atoms. The van der Waals surface area contributed by atoms with E-state index in [2.05, 4.69) is 5.32 Å². The van der Waals surface area contributed by atoms with Gasteiger partial charge in [0.15, 0.2) is 5.78 Å². The molecule has 0 bridgehead atoms. The van der Waals surface area contributed by atoms with Crippen molar-refractivity contribution in [2.45, 2.75) is 12.8 Å². The smallest absolute Gasteiger partial charge is 0.176 e. The van der Waals surface area contributed by atoms with Crippen molar-refractivity contribution in [2.24, 2.45) is 0 Å². The van der Waals surface area contributed by atoms with Gasteiger partial charge in [0, 0.05) is 5.56 Å². The highest BCUT2D eigenvalue weighted by molar-refractivity contribution is 5.97. The van der Waals surface area contributed by atoms with Gasteiger partial charge in [-0.05, 0) is 37.1 Å². The Morgan fingerprint density at radius 3 is 2.40 bits per heavy atom. The Labute approximate surface area is 119 Å². The van der Waals surface area contributed by atoms with Crippen molar-refractivity contribution >= 4 is 5.78 Å². The minimum absolute atomic E-state index is 0.121. The summed E-state index contributed by atoms with van der Waals surface area (Å²) in [5, 5.41) is 12.4. The normalized spacial score (nSPS) is 10.4. The molecule has 0 aliphatic carbocycles. The zero-order chi connectivity index (χ0) is 14.2. The number of aromatic hydroxyl groups is 1. The summed E-state index contributed by atoms with van der Waals surface area (Å²) in [7, 11) is 0. The van der Waals surface area contributed by atoms with Crippen molar-refractivity contribution in [3.63, 3.8) is 0 Å². The van der Waals surface area contributed by atoms with E-state index in [1.165, 1.54) is 5.56 Å². The number of Topliss-reactive ketones (excluding diaryl/α,β-unsaturated/α-hetero) is 1. The van der Waals surface area contributed by atoms with Crippen LogP contribution in [-0.2, 0) is 6.42 Å². The average Bonchev–Trinajstić information content (AvgIpc) is 2.49. The summed E-state index contributed by atoms with van der Waals surface area (Å²) < 4.78 is 0. The Morgan fingerprint density at radius 2 is 1.70 bits per heavy atom. The molecule has 0 aliphatic heterocycles. The number of nitrogens with one attached hydrogen (secondary N) is 1. The number of carbonyl (C=O) groups is 1. The summed E-state index contributed by atoms with van der Waals surface area (Å²) in [4.78, 5) is 11.8. The first-order valence-corrected chi connectivity index (χ1v) is 6.82. The molecule has 0 amide bonds. The van der Waals surface area contributed by atoms with E-state index in [1.54, 1.807) is 12.1 Å². The Morgan fingerprint density at radius 1 is 1.00 bits per heavy atom. The molecule has 2 aromatic rings. The highest BCUT2D eigenvalue weighted by Gasteiger charge is 2.03. The van der Waals surface area contributed by atoms with Gasteiger partial charge in [-0.1, -0.05) is 42.5 Å². The summed E-state index contributed by atoms with van der Waals surface area (Å²) in [5.41, 5.74) is 1.94. The van der Waals surface area contributed by atoms with E-state index in [-0.39, 0.29) is 5.78 Å². The Kier molecular flexibility index (Phi) is 5.33. The van der Waals surface area contributed by atoms with Crippen LogP contribution in [0.5, 0.6) is 5.75 Å². The molecule has 3 heteroatoms. The largest absolute Gasteiger partial charge is 0.508 e. The molecule has 104 valence electrons. The number of hydrogen-bond acceptors (Lipinski definition) is 3. The third-order valence-electron chi connectivity index (χ3n) is 3.14. The van der Waals surface area contributed by atoms with Crippen molar-refractivity contribution in [1.82, 2.24) is 5.32 Å². The molecule has 0 saturated heterocycles. The number of carbonyl (C=O) groups excluding carboxylic acids is 1. The lowest BCUT2D eigenvalue weighted by Crippen LogP contribution is -2.24. The summed E-state index contributed by atoms with van der Waals surface area (Å²) in [6.07, 6.45) is 1.90. The van der Waals surface area contributed by atoms with Crippen LogP contribution in [0.4, 0.5) is 0 Å². The minimum atomic E-state index is 0.121. The van der Waals surface area contributed by atoms with Crippen molar-refractivity contribution in [1.29, 1.82) is 0 Å². The molecule has 0 unspecified atom stereocenters. The van der Waals surface area contributed by atoms with Gasteiger partial charge in [-0.3, -0.25) is 4.79 Å². The fourth-order valence-electron chi connectivity index (χ4n) is 2.01. The second-order valence-corrected chi connectivity index (χ2v) is 4.74. The van der Waals surface area contributed by atoms with Gasteiger partial charge in [-0.15, -0.1) is 0 Å². The highest BCUT2D eigenvalue weighted by Crippen LogP contribution is 2.10. The van der Waals surface area contributed by atoms with E-state index in [1.807, 2.05) is 42.5 Å². The first kappa shape index (κ1) is 14.3. The van der Waals surface area contributed by atoms with Gasteiger partial charge < -0.3 is 10.4 Å². The van der Waals surface area contributed by atoms with Crippen LogP contribution in [0.2, 0.25) is 0 Å². The number of phenolic OH excluding ortho intramolecular Hbond substituents is 1. The van der Waals surface area contributed by atoms with Gasteiger partial charge in [-0.2, -0.15) is 0 Å². The molecule has 0 aromatic heterocycles. The van der Waals surface area contributed by atoms with Crippen LogP contribution >= 0.6 is 0 Å². The summed E-state index contributed by atoms with van der Waals surface area (Å²) in [5.74, 6) is 0.413. The fraction of sp³-hybridized carbons (Fsp3) is 0.235. The monoisotopic (exact) mass is 269 g/mol. The van der Waals surface area contributed by atoms with E-state index < -0.39 is 0 Å². The van der Waals surface area contributed by atoms with Crippen molar-refractivity contribution < 1.29 is 9.90 Å². The van der Waals surface area contributed by atoms with Crippen LogP contribution in [0.25, 0.3) is 0 Å². The number of ketones is 1. The molecular formula is C17H19NO2. The first-order valence-electron chi connectivity index (χ1n) is 6.82. The lowest BCUT2D eigenvalue weighted by atomic mass is 10.1. The molecule has 3 nitrogen and oxygen atoms in total. The average molecular weight is 269 g/mol. The van der Waals surface area contributed by atoms with Crippen LogP contribution in [0.3, 0.4) is 0 Å². The second kappa shape index (κ2) is 7.46. The lowest BCUT2D eigenvalue weighted by Gasteiger charge is -2.05. The molecule has 0 heterocycles. The van der Waals surface area contributed by atoms with Gasteiger partial charge in [0.1, 0.15) is 5.75 Å². The maximum absolute atomic E-state index is 11.8. The number of aryl methyl sites for hydroxylation is 1. The molecule has 0 atom stereocenters. The molecule has 2 N–H and O–H groups in total. The number of rotatable bonds is 7. The zero-order valence-corrected chi connectivity index (χ0v) is 11.4. The Balaban J connectivity index is 1.64. The van der Waals surface area contributed by atoms with E-state index in [4.69, 9.17) is 0 Å². The molecule has 0 radical (unpaired) electrons. The third-order valence-corrected chi connectivity index (χ3v) is 3.14. The van der Waals surface area contributed by atoms with E-state index in [0.29, 0.717) is 12.3 Å². The summed E-state index contributed by atoms with van der Waals surface area (Å²) >= 11 is 0. The van der Waals surface area contributed by atoms with Gasteiger partial charge in [0.25, 0.3) is 0 Å². The predicted octanol–water partition coefficient (Wildman–Crippen LogP) is 2.80. The summed E-state index contributed by atoms with van der Waals surface area (Å²) in [6.45, 7) is 1.18. The first-order chi connectivity index (χ1) is 9.75. The second-order valence-electron chi connectivity index (χ2n) is 4.74. The maximum atomic E-state index is 11.8. The topological polar surface area (TPSA) is 49.3 Å². The van der Waals surface area contributed by atoms with Crippen LogP contribution in [0, 0.1) is 0 Å². The quantitative estimate of drug-likeness (QED) is 0.600.